The topological polar surface area (TPSA) is 148 Å². The molecule has 0 radical (unpaired) electrons. The predicted octanol–water partition coefficient (Wildman–Crippen LogP) is 3.32. The lowest BCUT2D eigenvalue weighted by atomic mass is 9.88. The molecular weight excluding hydrogens is 594 g/mol. The molecule has 258 valence electrons. The number of carbonyl (C=O) groups excluding carboxylic acids is 4. The van der Waals surface area contributed by atoms with Crippen LogP contribution in [0.15, 0.2) is 60.7 Å². The van der Waals surface area contributed by atoms with Gasteiger partial charge in [0.1, 0.15) is 0 Å². The first kappa shape index (κ1) is 37.9. The minimum absolute atomic E-state index is 0.0205. The van der Waals surface area contributed by atoms with Crippen molar-refractivity contribution in [2.75, 3.05) is 45.9 Å². The normalized spacial score (nSPS) is 15.1. The van der Waals surface area contributed by atoms with E-state index in [1.165, 1.54) is 0 Å². The molecule has 1 heterocycles. The van der Waals surface area contributed by atoms with E-state index in [0.717, 1.165) is 24.0 Å². The second kappa shape index (κ2) is 20.6. The maximum Gasteiger partial charge on any atom is 0.226 e. The van der Waals surface area contributed by atoms with Crippen LogP contribution in [0.1, 0.15) is 63.5 Å². The van der Waals surface area contributed by atoms with Crippen LogP contribution in [0.25, 0.3) is 0 Å². The van der Waals surface area contributed by atoms with E-state index in [1.807, 2.05) is 74.5 Å². The van der Waals surface area contributed by atoms with E-state index >= 15 is 0 Å². The molecule has 0 aromatic heterocycles. The summed E-state index contributed by atoms with van der Waals surface area (Å²) in [6, 6.07) is 18.5. The van der Waals surface area contributed by atoms with Gasteiger partial charge < -0.3 is 31.3 Å². The second-order valence-electron chi connectivity index (χ2n) is 13.0. The van der Waals surface area contributed by atoms with Gasteiger partial charge in [0.25, 0.3) is 0 Å². The molecule has 0 unspecified atom stereocenters. The Morgan fingerprint density at radius 3 is 2.09 bits per heavy atom. The Morgan fingerprint density at radius 2 is 1.49 bits per heavy atom. The van der Waals surface area contributed by atoms with Crippen LogP contribution in [0.5, 0.6) is 0 Å². The van der Waals surface area contributed by atoms with Crippen molar-refractivity contribution in [2.24, 2.45) is 29.2 Å². The number of amides is 3. The van der Waals surface area contributed by atoms with E-state index in [2.05, 4.69) is 5.32 Å². The van der Waals surface area contributed by atoms with Gasteiger partial charge in [-0.3, -0.25) is 19.2 Å². The highest BCUT2D eigenvalue weighted by Gasteiger charge is 2.33. The average Bonchev–Trinajstić information content (AvgIpc) is 3.07. The minimum atomic E-state index is -0.769. The Balaban J connectivity index is 1.79. The summed E-state index contributed by atoms with van der Waals surface area (Å²) in [5, 5.41) is 3.04. The maximum atomic E-state index is 14.0. The van der Waals surface area contributed by atoms with Crippen LogP contribution in [0.4, 0.5) is 0 Å². The van der Waals surface area contributed by atoms with Gasteiger partial charge in [0.15, 0.2) is 5.78 Å². The summed E-state index contributed by atoms with van der Waals surface area (Å²) in [6.07, 6.45) is 2.88. The van der Waals surface area contributed by atoms with Crippen LogP contribution in [0.2, 0.25) is 0 Å². The Kier molecular flexibility index (Phi) is 16.6. The molecule has 3 amide bonds. The molecule has 0 spiro atoms. The number of nitrogens with two attached hydrogens (primary N) is 2. The fourth-order valence-corrected chi connectivity index (χ4v) is 6.05. The smallest absolute Gasteiger partial charge is 0.226 e. The summed E-state index contributed by atoms with van der Waals surface area (Å²) in [4.78, 5) is 58.7. The second-order valence-corrected chi connectivity index (χ2v) is 13.0. The third kappa shape index (κ3) is 13.2. The number of hydrogen-bond acceptors (Lipinski definition) is 7. The number of nitrogens with zero attached hydrogens (tertiary/aromatic N) is 2. The Bertz CT molecular complexity index is 1240. The minimum Gasteiger partial charge on any atom is -0.378 e. The first-order valence-corrected chi connectivity index (χ1v) is 17.2. The average molecular weight is 650 g/mol. The van der Waals surface area contributed by atoms with Gasteiger partial charge >= 0.3 is 0 Å². The summed E-state index contributed by atoms with van der Waals surface area (Å²) < 4.78 is 5.43. The van der Waals surface area contributed by atoms with Gasteiger partial charge in [0, 0.05) is 51.5 Å². The fourth-order valence-electron chi connectivity index (χ4n) is 6.05. The lowest BCUT2D eigenvalue weighted by Gasteiger charge is -2.31. The molecule has 47 heavy (non-hydrogen) atoms. The highest BCUT2D eigenvalue weighted by molar-refractivity contribution is 5.94. The monoisotopic (exact) mass is 649 g/mol. The van der Waals surface area contributed by atoms with E-state index in [9.17, 15) is 19.2 Å². The third-order valence-electron chi connectivity index (χ3n) is 8.62. The Morgan fingerprint density at radius 1 is 0.851 bits per heavy atom. The highest BCUT2D eigenvalue weighted by Crippen LogP contribution is 2.22. The van der Waals surface area contributed by atoms with Crippen LogP contribution in [-0.4, -0.2) is 85.3 Å². The molecule has 5 N–H and O–H groups in total. The van der Waals surface area contributed by atoms with Crippen molar-refractivity contribution in [1.82, 2.24) is 15.1 Å². The van der Waals surface area contributed by atoms with Crippen LogP contribution in [-0.2, 0) is 36.9 Å². The first-order chi connectivity index (χ1) is 22.7. The molecule has 2 aromatic carbocycles. The molecule has 3 rings (SSSR count). The standard InChI is InChI=1S/C37H55N5O5/c1-28(2)23-33(34(43)25-31(15-9-10-16-38)37(46)41-19-21-47-22-20-41)40-36(45)32(24-29-11-5-3-6-12-29)26-35(44)42(18-17-39)27-30-13-7-4-8-14-30/h3-8,11-14,28,31-33H,9-10,15-27,38-39H2,1-2H3,(H,40,45)/t31-,32-,33+/m0/s1. The van der Waals surface area contributed by atoms with Crippen LogP contribution in [0, 0.1) is 17.8 Å². The quantitative estimate of drug-likeness (QED) is 0.187. The number of carbonyl (C=O) groups is 4. The molecule has 10 nitrogen and oxygen atoms in total. The number of nitrogens with one attached hydrogen (secondary N) is 1. The van der Waals surface area contributed by atoms with Gasteiger partial charge in [-0.25, -0.2) is 0 Å². The number of benzene rings is 2. The number of hydrogen-bond donors (Lipinski definition) is 3. The molecule has 10 heteroatoms. The van der Waals surface area contributed by atoms with Gasteiger partial charge in [-0.15, -0.1) is 0 Å². The molecule has 1 aliphatic heterocycles. The van der Waals surface area contributed by atoms with E-state index in [4.69, 9.17) is 16.2 Å². The molecule has 1 aliphatic rings. The first-order valence-electron chi connectivity index (χ1n) is 17.2. The van der Waals surface area contributed by atoms with Crippen molar-refractivity contribution in [2.45, 2.75) is 71.4 Å². The molecule has 1 fully saturated rings. The molecule has 3 atom stereocenters. The SMILES string of the molecule is CC(C)C[C@@H](NC(=O)[C@H](CC(=O)N(CCN)Cc1ccccc1)Cc1ccccc1)C(=O)C[C@H](CCCCN)C(=O)N1CCOCC1. The summed E-state index contributed by atoms with van der Waals surface area (Å²) in [5.74, 6) is -1.77. The van der Waals surface area contributed by atoms with Crippen molar-refractivity contribution >= 4 is 23.5 Å². The molecule has 2 aromatic rings. The van der Waals surface area contributed by atoms with Gasteiger partial charge in [-0.2, -0.15) is 0 Å². The lowest BCUT2D eigenvalue weighted by molar-refractivity contribution is -0.142. The fraction of sp³-hybridized carbons (Fsp3) is 0.568. The molecule has 0 bridgehead atoms. The predicted molar refractivity (Wildman–Crippen MR) is 184 cm³/mol. The van der Waals surface area contributed by atoms with Crippen LogP contribution in [0.3, 0.4) is 0 Å². The number of rotatable bonds is 20. The molecule has 0 saturated carbocycles. The van der Waals surface area contributed by atoms with Crippen molar-refractivity contribution < 1.29 is 23.9 Å². The molecule has 1 saturated heterocycles. The third-order valence-corrected chi connectivity index (χ3v) is 8.62. The van der Waals surface area contributed by atoms with Crippen molar-refractivity contribution in [3.63, 3.8) is 0 Å². The van der Waals surface area contributed by atoms with Gasteiger partial charge in [0.2, 0.25) is 17.7 Å². The molecule has 0 aliphatic carbocycles. The number of morpholine rings is 1. The summed E-state index contributed by atoms with van der Waals surface area (Å²) in [5.41, 5.74) is 13.5. The largest absolute Gasteiger partial charge is 0.378 e. The van der Waals surface area contributed by atoms with E-state index in [1.54, 1.807) is 9.80 Å². The van der Waals surface area contributed by atoms with E-state index < -0.39 is 17.9 Å². The van der Waals surface area contributed by atoms with Gasteiger partial charge in [-0.1, -0.05) is 80.9 Å². The van der Waals surface area contributed by atoms with Crippen molar-refractivity contribution in [3.8, 4) is 0 Å². The zero-order valence-corrected chi connectivity index (χ0v) is 28.3. The molecular formula is C37H55N5O5. The van der Waals surface area contributed by atoms with Crippen molar-refractivity contribution in [1.29, 1.82) is 0 Å². The summed E-state index contributed by atoms with van der Waals surface area (Å²) >= 11 is 0. The number of unbranched alkanes of at least 4 members (excludes halogenated alkanes) is 1. The van der Waals surface area contributed by atoms with Crippen LogP contribution >= 0.6 is 0 Å². The van der Waals surface area contributed by atoms with E-state index in [-0.39, 0.29) is 42.3 Å². The number of Topliss-reactive ketones (excluding diaryl/α,β-unsaturated/α-hetero) is 1. The summed E-state index contributed by atoms with van der Waals surface area (Å²) in [6.45, 7) is 7.57. The lowest BCUT2D eigenvalue weighted by Crippen LogP contribution is -2.48. The zero-order chi connectivity index (χ0) is 34.0. The Hall–Kier alpha value is -3.60. The number of ether oxygens (including phenoxy) is 1. The van der Waals surface area contributed by atoms with Gasteiger partial charge in [-0.05, 0) is 49.3 Å². The van der Waals surface area contributed by atoms with Crippen molar-refractivity contribution in [3.05, 3.63) is 71.8 Å². The summed E-state index contributed by atoms with van der Waals surface area (Å²) in [7, 11) is 0. The van der Waals surface area contributed by atoms with Crippen LogP contribution < -0.4 is 16.8 Å². The zero-order valence-electron chi connectivity index (χ0n) is 28.3. The van der Waals surface area contributed by atoms with Gasteiger partial charge in [0.05, 0.1) is 25.2 Å². The Labute approximate surface area is 280 Å². The van der Waals surface area contributed by atoms with E-state index in [0.29, 0.717) is 71.7 Å². The maximum absolute atomic E-state index is 14.0. The number of ketones is 1. The highest BCUT2D eigenvalue weighted by atomic mass is 16.5.